The molecule has 4 heteroatoms. The predicted octanol–water partition coefficient (Wildman–Crippen LogP) is 1.39. The standard InChI is InChI=1S/C9H5N3O/c10-5-8-2-1-3-9(4-8)6-12-13-7-11/h1-4,6H. The van der Waals surface area contributed by atoms with E-state index in [1.54, 1.807) is 24.3 Å². The van der Waals surface area contributed by atoms with Crippen molar-refractivity contribution < 1.29 is 4.84 Å². The Morgan fingerprint density at radius 2 is 2.23 bits per heavy atom. The highest BCUT2D eigenvalue weighted by atomic mass is 16.6. The summed E-state index contributed by atoms with van der Waals surface area (Å²) >= 11 is 0. The van der Waals surface area contributed by atoms with Crippen LogP contribution < -0.4 is 0 Å². The van der Waals surface area contributed by atoms with E-state index in [0.29, 0.717) is 11.1 Å². The van der Waals surface area contributed by atoms with Gasteiger partial charge in [-0.2, -0.15) is 5.26 Å². The molecule has 0 aliphatic heterocycles. The van der Waals surface area contributed by atoms with Crippen LogP contribution in [-0.2, 0) is 4.84 Å². The third-order valence-electron chi connectivity index (χ3n) is 1.31. The Hall–Kier alpha value is -2.33. The zero-order valence-electron chi connectivity index (χ0n) is 6.64. The van der Waals surface area contributed by atoms with Crippen LogP contribution in [0.15, 0.2) is 29.4 Å². The molecule has 1 aromatic carbocycles. The molecule has 0 N–H and O–H groups in total. The number of oxime groups is 1. The Kier molecular flexibility index (Phi) is 3.05. The lowest BCUT2D eigenvalue weighted by atomic mass is 10.1. The van der Waals surface area contributed by atoms with Crippen molar-refractivity contribution >= 4 is 6.21 Å². The largest absolute Gasteiger partial charge is 0.316 e. The van der Waals surface area contributed by atoms with Crippen molar-refractivity contribution in [3.8, 4) is 12.3 Å². The summed E-state index contributed by atoms with van der Waals surface area (Å²) in [6.07, 6.45) is 2.77. The molecule has 0 aliphatic rings. The average Bonchev–Trinajstić information content (AvgIpc) is 2.19. The maximum absolute atomic E-state index is 8.56. The van der Waals surface area contributed by atoms with E-state index < -0.39 is 0 Å². The van der Waals surface area contributed by atoms with E-state index >= 15 is 0 Å². The first kappa shape index (κ1) is 8.76. The molecule has 0 fully saturated rings. The van der Waals surface area contributed by atoms with Gasteiger partial charge in [0.15, 0.2) is 0 Å². The molecular formula is C9H5N3O. The minimum Gasteiger partial charge on any atom is -0.276 e. The fourth-order valence-corrected chi connectivity index (χ4v) is 0.799. The quantitative estimate of drug-likeness (QED) is 0.383. The third kappa shape index (κ3) is 2.64. The van der Waals surface area contributed by atoms with Crippen LogP contribution in [0.4, 0.5) is 0 Å². The van der Waals surface area contributed by atoms with Gasteiger partial charge < -0.3 is 0 Å². The highest BCUT2D eigenvalue weighted by Gasteiger charge is 1.90. The van der Waals surface area contributed by atoms with Crippen molar-refractivity contribution in [2.24, 2.45) is 5.16 Å². The molecule has 0 aliphatic carbocycles. The molecule has 0 unspecified atom stereocenters. The molecule has 0 heterocycles. The van der Waals surface area contributed by atoms with Gasteiger partial charge in [-0.05, 0) is 17.7 Å². The molecule has 4 nitrogen and oxygen atoms in total. The molecule has 0 spiro atoms. The van der Waals surface area contributed by atoms with E-state index in [0.717, 1.165) is 0 Å². The second kappa shape index (κ2) is 4.53. The zero-order chi connectivity index (χ0) is 9.52. The summed E-state index contributed by atoms with van der Waals surface area (Å²) < 4.78 is 0. The van der Waals surface area contributed by atoms with E-state index in [-0.39, 0.29) is 0 Å². The average molecular weight is 171 g/mol. The molecule has 0 bridgehead atoms. The Balaban J connectivity index is 2.80. The van der Waals surface area contributed by atoms with Crippen LogP contribution in [0, 0.1) is 22.8 Å². The van der Waals surface area contributed by atoms with Crippen molar-refractivity contribution in [2.45, 2.75) is 0 Å². The summed E-state index contributed by atoms with van der Waals surface area (Å²) in [7, 11) is 0. The Morgan fingerprint density at radius 3 is 2.92 bits per heavy atom. The highest BCUT2D eigenvalue weighted by Crippen LogP contribution is 2.01. The summed E-state index contributed by atoms with van der Waals surface area (Å²) in [5.74, 6) is 0. The smallest absolute Gasteiger partial charge is 0.276 e. The Morgan fingerprint density at radius 1 is 1.38 bits per heavy atom. The number of hydrogen-bond acceptors (Lipinski definition) is 4. The van der Waals surface area contributed by atoms with Gasteiger partial charge in [0, 0.05) is 0 Å². The highest BCUT2D eigenvalue weighted by molar-refractivity contribution is 5.79. The van der Waals surface area contributed by atoms with E-state index in [1.165, 1.54) is 12.5 Å². The molecule has 62 valence electrons. The van der Waals surface area contributed by atoms with Crippen LogP contribution in [0.5, 0.6) is 0 Å². The molecular weight excluding hydrogens is 166 g/mol. The fourth-order valence-electron chi connectivity index (χ4n) is 0.799. The number of hydrogen-bond donors (Lipinski definition) is 0. The van der Waals surface area contributed by atoms with Crippen LogP contribution in [0.2, 0.25) is 0 Å². The van der Waals surface area contributed by atoms with Crippen molar-refractivity contribution in [3.63, 3.8) is 0 Å². The van der Waals surface area contributed by atoms with E-state index in [1.807, 2.05) is 6.07 Å². The van der Waals surface area contributed by atoms with Crippen LogP contribution in [0.3, 0.4) is 0 Å². The molecule has 0 saturated carbocycles. The number of nitriles is 2. The first-order valence-corrected chi connectivity index (χ1v) is 3.45. The Bertz CT molecular complexity index is 398. The van der Waals surface area contributed by atoms with Crippen LogP contribution in [-0.4, -0.2) is 6.21 Å². The predicted molar refractivity (Wildman–Crippen MR) is 45.4 cm³/mol. The van der Waals surface area contributed by atoms with Crippen LogP contribution >= 0.6 is 0 Å². The first-order chi connectivity index (χ1) is 6.36. The van der Waals surface area contributed by atoms with Gasteiger partial charge >= 0.3 is 6.26 Å². The molecule has 13 heavy (non-hydrogen) atoms. The minimum atomic E-state index is 0.543. The first-order valence-electron chi connectivity index (χ1n) is 3.45. The molecule has 0 aromatic heterocycles. The number of nitrogens with zero attached hydrogens (tertiary/aromatic N) is 3. The van der Waals surface area contributed by atoms with Crippen molar-refractivity contribution in [1.82, 2.24) is 0 Å². The third-order valence-corrected chi connectivity index (χ3v) is 1.31. The lowest BCUT2D eigenvalue weighted by Crippen LogP contribution is -1.82. The number of benzene rings is 1. The van der Waals surface area contributed by atoms with Crippen molar-refractivity contribution in [2.75, 3.05) is 0 Å². The van der Waals surface area contributed by atoms with Gasteiger partial charge in [0.05, 0.1) is 17.8 Å². The lowest BCUT2D eigenvalue weighted by molar-refractivity contribution is 0.293. The molecule has 0 radical (unpaired) electrons. The van der Waals surface area contributed by atoms with Gasteiger partial charge in [-0.15, -0.1) is 5.26 Å². The topological polar surface area (TPSA) is 69.2 Å². The molecule has 0 saturated heterocycles. The maximum Gasteiger partial charge on any atom is 0.316 e. The van der Waals surface area contributed by atoms with Crippen LogP contribution in [0.25, 0.3) is 0 Å². The summed E-state index contributed by atoms with van der Waals surface area (Å²) in [5, 5.41) is 19.9. The number of rotatable bonds is 2. The summed E-state index contributed by atoms with van der Waals surface area (Å²) in [5.41, 5.74) is 1.26. The van der Waals surface area contributed by atoms with Crippen LogP contribution in [0.1, 0.15) is 11.1 Å². The van der Waals surface area contributed by atoms with Gasteiger partial charge in [0.1, 0.15) is 0 Å². The summed E-state index contributed by atoms with van der Waals surface area (Å²) in [6, 6.07) is 8.80. The minimum absolute atomic E-state index is 0.543. The van der Waals surface area contributed by atoms with Gasteiger partial charge in [-0.1, -0.05) is 17.3 Å². The molecule has 1 aromatic rings. The van der Waals surface area contributed by atoms with Crippen molar-refractivity contribution in [1.29, 1.82) is 10.5 Å². The molecule has 0 atom stereocenters. The lowest BCUT2D eigenvalue weighted by Gasteiger charge is -1.90. The second-order valence-corrected chi connectivity index (χ2v) is 2.15. The van der Waals surface area contributed by atoms with Gasteiger partial charge in [-0.25, -0.2) is 0 Å². The van der Waals surface area contributed by atoms with Gasteiger partial charge in [0.25, 0.3) is 0 Å². The molecule has 1 rings (SSSR count). The second-order valence-electron chi connectivity index (χ2n) is 2.15. The van der Waals surface area contributed by atoms with Gasteiger partial charge in [-0.3, -0.25) is 4.84 Å². The zero-order valence-corrected chi connectivity index (χ0v) is 6.64. The SMILES string of the molecule is N#CON=Cc1cccc(C#N)c1. The maximum atomic E-state index is 8.56. The normalized spacial score (nSPS) is 9.08. The Labute approximate surface area is 75.3 Å². The summed E-state index contributed by atoms with van der Waals surface area (Å²) in [6.45, 7) is 0. The monoisotopic (exact) mass is 171 g/mol. The molecule has 0 amide bonds. The summed E-state index contributed by atoms with van der Waals surface area (Å²) in [4.78, 5) is 4.10. The fraction of sp³-hybridized carbons (Fsp3) is 0. The van der Waals surface area contributed by atoms with Gasteiger partial charge in [0.2, 0.25) is 0 Å². The van der Waals surface area contributed by atoms with E-state index in [2.05, 4.69) is 9.99 Å². The van der Waals surface area contributed by atoms with E-state index in [4.69, 9.17) is 10.5 Å². The van der Waals surface area contributed by atoms with Crippen molar-refractivity contribution in [3.05, 3.63) is 35.4 Å². The van der Waals surface area contributed by atoms with E-state index in [9.17, 15) is 0 Å².